The molecule has 0 bridgehead atoms. The maximum absolute atomic E-state index is 10.5. The first-order chi connectivity index (χ1) is 6.70. The summed E-state index contributed by atoms with van der Waals surface area (Å²) in [5, 5.41) is 0. The van der Waals surface area contributed by atoms with Crippen molar-refractivity contribution >= 4 is 11.9 Å². The molecule has 0 N–H and O–H groups in total. The predicted molar refractivity (Wildman–Crippen MR) is 51.6 cm³/mol. The van der Waals surface area contributed by atoms with Crippen LogP contribution < -0.4 is 0 Å². The highest BCUT2D eigenvalue weighted by molar-refractivity contribution is 5.80. The van der Waals surface area contributed by atoms with Crippen LogP contribution in [0.15, 0.2) is 12.7 Å². The van der Waals surface area contributed by atoms with Gasteiger partial charge in [-0.2, -0.15) is 0 Å². The number of methoxy groups -OCH3 is 1. The van der Waals surface area contributed by atoms with Crippen LogP contribution in [-0.2, 0) is 19.1 Å². The van der Waals surface area contributed by atoms with Gasteiger partial charge in [-0.15, -0.1) is 0 Å². The van der Waals surface area contributed by atoms with E-state index in [4.69, 9.17) is 4.74 Å². The Morgan fingerprint density at radius 3 is 2.71 bits per heavy atom. The molecule has 1 aliphatic heterocycles. The van der Waals surface area contributed by atoms with Crippen LogP contribution in [0.3, 0.4) is 0 Å². The van der Waals surface area contributed by atoms with Crippen LogP contribution in [0.1, 0.15) is 25.7 Å². The highest BCUT2D eigenvalue weighted by Crippen LogP contribution is 2.06. The summed E-state index contributed by atoms with van der Waals surface area (Å²) in [6.07, 6.45) is 4.94. The Morgan fingerprint density at radius 1 is 1.50 bits per heavy atom. The summed E-state index contributed by atoms with van der Waals surface area (Å²) in [4.78, 5) is 20.3. The van der Waals surface area contributed by atoms with Crippen molar-refractivity contribution in [3.05, 3.63) is 12.7 Å². The SMILES string of the molecule is C=CC(=O)OC.O=C1CCCCCO1. The van der Waals surface area contributed by atoms with Gasteiger partial charge in [0.2, 0.25) is 0 Å². The van der Waals surface area contributed by atoms with Gasteiger partial charge < -0.3 is 9.47 Å². The van der Waals surface area contributed by atoms with E-state index in [2.05, 4.69) is 11.3 Å². The van der Waals surface area contributed by atoms with Gasteiger partial charge in [0.25, 0.3) is 0 Å². The van der Waals surface area contributed by atoms with Gasteiger partial charge >= 0.3 is 11.9 Å². The summed E-state index contributed by atoms with van der Waals surface area (Å²) in [5.41, 5.74) is 0. The minimum atomic E-state index is -0.394. The average Bonchev–Trinajstić information content (AvgIpc) is 2.45. The lowest BCUT2D eigenvalue weighted by atomic mass is 10.2. The van der Waals surface area contributed by atoms with Crippen LogP contribution in [0.25, 0.3) is 0 Å². The second-order valence-electron chi connectivity index (χ2n) is 2.76. The zero-order valence-electron chi connectivity index (χ0n) is 8.45. The third-order valence-corrected chi connectivity index (χ3v) is 1.66. The van der Waals surface area contributed by atoms with Crippen molar-refractivity contribution in [2.24, 2.45) is 0 Å². The van der Waals surface area contributed by atoms with Gasteiger partial charge in [-0.05, 0) is 19.3 Å². The summed E-state index contributed by atoms with van der Waals surface area (Å²) in [6, 6.07) is 0. The minimum absolute atomic E-state index is 0.0255. The third-order valence-electron chi connectivity index (χ3n) is 1.66. The van der Waals surface area contributed by atoms with Crippen molar-refractivity contribution in [2.75, 3.05) is 13.7 Å². The molecule has 1 saturated heterocycles. The summed E-state index contributed by atoms with van der Waals surface area (Å²) in [6.45, 7) is 3.79. The Balaban J connectivity index is 0.000000255. The van der Waals surface area contributed by atoms with Gasteiger partial charge in [0.05, 0.1) is 13.7 Å². The number of hydrogen-bond donors (Lipinski definition) is 0. The van der Waals surface area contributed by atoms with E-state index in [9.17, 15) is 9.59 Å². The summed E-state index contributed by atoms with van der Waals surface area (Å²) in [7, 11) is 1.31. The lowest BCUT2D eigenvalue weighted by Gasteiger charge is -1.93. The monoisotopic (exact) mass is 200 g/mol. The van der Waals surface area contributed by atoms with E-state index in [0.29, 0.717) is 13.0 Å². The van der Waals surface area contributed by atoms with E-state index in [1.54, 1.807) is 0 Å². The van der Waals surface area contributed by atoms with Crippen LogP contribution in [0.4, 0.5) is 0 Å². The number of carbonyl (C=O) groups excluding carboxylic acids is 2. The highest BCUT2D eigenvalue weighted by atomic mass is 16.5. The van der Waals surface area contributed by atoms with Gasteiger partial charge in [-0.3, -0.25) is 4.79 Å². The Morgan fingerprint density at radius 2 is 2.21 bits per heavy atom. The molecule has 0 radical (unpaired) electrons. The molecule has 0 spiro atoms. The second-order valence-corrected chi connectivity index (χ2v) is 2.76. The minimum Gasteiger partial charge on any atom is -0.466 e. The fourth-order valence-electron chi connectivity index (χ4n) is 0.890. The van der Waals surface area contributed by atoms with Crippen LogP contribution >= 0.6 is 0 Å². The van der Waals surface area contributed by atoms with Gasteiger partial charge in [0, 0.05) is 12.5 Å². The molecule has 80 valence electrons. The van der Waals surface area contributed by atoms with E-state index < -0.39 is 5.97 Å². The van der Waals surface area contributed by atoms with Crippen molar-refractivity contribution in [2.45, 2.75) is 25.7 Å². The molecule has 0 aromatic heterocycles. The maximum Gasteiger partial charge on any atom is 0.329 e. The molecule has 0 atom stereocenters. The Hall–Kier alpha value is -1.32. The largest absolute Gasteiger partial charge is 0.466 e. The lowest BCUT2D eigenvalue weighted by Crippen LogP contribution is -2.00. The first kappa shape index (κ1) is 12.7. The van der Waals surface area contributed by atoms with Gasteiger partial charge in [-0.25, -0.2) is 4.79 Å². The normalized spacial score (nSPS) is 15.4. The van der Waals surface area contributed by atoms with Crippen molar-refractivity contribution in [3.63, 3.8) is 0 Å². The maximum atomic E-state index is 10.5. The fraction of sp³-hybridized carbons (Fsp3) is 0.600. The Kier molecular flexibility index (Phi) is 7.50. The summed E-state index contributed by atoms with van der Waals surface area (Å²) in [5.74, 6) is -0.419. The van der Waals surface area contributed by atoms with Crippen molar-refractivity contribution in [1.29, 1.82) is 0 Å². The van der Waals surface area contributed by atoms with E-state index in [-0.39, 0.29) is 5.97 Å². The number of carbonyl (C=O) groups is 2. The Bertz CT molecular complexity index is 188. The van der Waals surface area contributed by atoms with Crippen LogP contribution in [0, 0.1) is 0 Å². The third kappa shape index (κ3) is 7.34. The van der Waals surface area contributed by atoms with Gasteiger partial charge in [0.1, 0.15) is 0 Å². The predicted octanol–water partition coefficient (Wildman–Crippen LogP) is 1.45. The number of rotatable bonds is 1. The summed E-state index contributed by atoms with van der Waals surface area (Å²) < 4.78 is 8.91. The molecule has 0 amide bonds. The quantitative estimate of drug-likeness (QED) is 0.475. The molecule has 0 aliphatic carbocycles. The molecule has 0 saturated carbocycles. The summed E-state index contributed by atoms with van der Waals surface area (Å²) >= 11 is 0. The number of esters is 2. The first-order valence-electron chi connectivity index (χ1n) is 4.56. The van der Waals surface area contributed by atoms with Crippen molar-refractivity contribution in [3.8, 4) is 0 Å². The van der Waals surface area contributed by atoms with E-state index >= 15 is 0 Å². The van der Waals surface area contributed by atoms with Gasteiger partial charge in [-0.1, -0.05) is 6.58 Å². The van der Waals surface area contributed by atoms with E-state index in [1.165, 1.54) is 7.11 Å². The molecule has 4 heteroatoms. The van der Waals surface area contributed by atoms with Crippen molar-refractivity contribution in [1.82, 2.24) is 0 Å². The molecule has 1 aliphatic rings. The molecule has 1 heterocycles. The molecule has 1 fully saturated rings. The standard InChI is InChI=1S/C6H10O2.C4H6O2/c7-6-4-2-1-3-5-8-6;1-3-4(5)6-2/h1-5H2;3H,1H2,2H3. The number of cyclic esters (lactones) is 1. The zero-order valence-corrected chi connectivity index (χ0v) is 8.45. The number of ether oxygens (including phenoxy) is 2. The molecule has 0 aromatic carbocycles. The first-order valence-corrected chi connectivity index (χ1v) is 4.56. The average molecular weight is 200 g/mol. The molecule has 4 nitrogen and oxygen atoms in total. The topological polar surface area (TPSA) is 52.6 Å². The zero-order chi connectivity index (χ0) is 10.8. The molecule has 1 rings (SSSR count). The van der Waals surface area contributed by atoms with Crippen LogP contribution in [0.5, 0.6) is 0 Å². The molecular formula is C10H16O4. The number of hydrogen-bond acceptors (Lipinski definition) is 4. The second kappa shape index (κ2) is 8.29. The lowest BCUT2D eigenvalue weighted by molar-refractivity contribution is -0.142. The fourth-order valence-corrected chi connectivity index (χ4v) is 0.890. The Labute approximate surface area is 83.9 Å². The molecule has 0 aromatic rings. The van der Waals surface area contributed by atoms with Crippen LogP contribution in [-0.4, -0.2) is 25.7 Å². The molecule has 0 unspecified atom stereocenters. The molecular weight excluding hydrogens is 184 g/mol. The van der Waals surface area contributed by atoms with E-state index in [0.717, 1.165) is 25.3 Å². The molecule has 14 heavy (non-hydrogen) atoms. The highest BCUT2D eigenvalue weighted by Gasteiger charge is 2.05. The smallest absolute Gasteiger partial charge is 0.329 e. The van der Waals surface area contributed by atoms with Crippen molar-refractivity contribution < 1.29 is 19.1 Å². The van der Waals surface area contributed by atoms with Gasteiger partial charge in [0.15, 0.2) is 0 Å². The van der Waals surface area contributed by atoms with E-state index in [1.807, 2.05) is 0 Å². The van der Waals surface area contributed by atoms with Crippen LogP contribution in [0.2, 0.25) is 0 Å².